The molecule has 1 unspecified atom stereocenters. The summed E-state index contributed by atoms with van der Waals surface area (Å²) < 4.78 is 11.0. The summed E-state index contributed by atoms with van der Waals surface area (Å²) in [6.07, 6.45) is 2.52. The third-order valence-electron chi connectivity index (χ3n) is 6.42. The first-order chi connectivity index (χ1) is 16.1. The zero-order chi connectivity index (χ0) is 23.0. The summed E-state index contributed by atoms with van der Waals surface area (Å²) in [4.78, 5) is 9.60. The molecule has 2 aromatic rings. The van der Waals surface area contributed by atoms with Crippen molar-refractivity contribution in [1.29, 1.82) is 0 Å². The third kappa shape index (κ3) is 6.73. The second-order valence-corrected chi connectivity index (χ2v) is 9.73. The van der Waals surface area contributed by atoms with E-state index in [0.717, 1.165) is 54.7 Å². The minimum atomic E-state index is -0.459. The maximum absolute atomic E-state index is 10.4. The van der Waals surface area contributed by atoms with Crippen LogP contribution < -0.4 is 4.74 Å². The maximum Gasteiger partial charge on any atom is 0.164 e. The highest BCUT2D eigenvalue weighted by Gasteiger charge is 2.27. The van der Waals surface area contributed by atoms with E-state index in [1.165, 1.54) is 11.1 Å². The van der Waals surface area contributed by atoms with Crippen LogP contribution in [0.3, 0.4) is 0 Å². The van der Waals surface area contributed by atoms with Crippen molar-refractivity contribution in [3.8, 4) is 5.75 Å². The number of fused-ring (bicyclic) bond motifs is 1. The van der Waals surface area contributed by atoms with Gasteiger partial charge in [-0.2, -0.15) is 0 Å². The number of hydrogen-bond donors (Lipinski definition) is 1. The van der Waals surface area contributed by atoms with E-state index < -0.39 is 6.10 Å². The number of ether oxygens (including phenoxy) is 2. The molecule has 0 aliphatic carbocycles. The fourth-order valence-corrected chi connectivity index (χ4v) is 5.48. The molecule has 2 heterocycles. The highest BCUT2D eigenvalue weighted by Crippen LogP contribution is 2.32. The minimum Gasteiger partial charge on any atom is -0.497 e. The molecule has 178 valence electrons. The van der Waals surface area contributed by atoms with Crippen molar-refractivity contribution in [2.75, 3.05) is 47.0 Å². The lowest BCUT2D eigenvalue weighted by molar-refractivity contribution is 0.0112. The van der Waals surface area contributed by atoms with E-state index in [2.05, 4.69) is 47.2 Å². The maximum atomic E-state index is 10.4. The first-order valence-corrected chi connectivity index (χ1v) is 12.7. The number of methoxy groups -OCH3 is 1. The van der Waals surface area contributed by atoms with Crippen LogP contribution in [0.25, 0.3) is 0 Å². The number of aliphatic imine (C=N–C) groups is 1. The number of thioether (sulfide) groups is 1. The Morgan fingerprint density at radius 3 is 2.82 bits per heavy atom. The lowest BCUT2D eigenvalue weighted by Gasteiger charge is -2.39. The molecular weight excluding hydrogens is 434 g/mol. The van der Waals surface area contributed by atoms with E-state index in [1.807, 2.05) is 30.0 Å². The number of hydrogen-bond acceptors (Lipinski definition) is 7. The predicted octanol–water partition coefficient (Wildman–Crippen LogP) is 3.95. The van der Waals surface area contributed by atoms with Gasteiger partial charge in [0.2, 0.25) is 0 Å². The van der Waals surface area contributed by atoms with E-state index >= 15 is 0 Å². The molecule has 2 aromatic carbocycles. The molecule has 0 radical (unpaired) electrons. The van der Waals surface area contributed by atoms with E-state index in [0.29, 0.717) is 25.8 Å². The summed E-state index contributed by atoms with van der Waals surface area (Å²) in [7, 11) is 3.85. The second-order valence-electron chi connectivity index (χ2n) is 8.78. The van der Waals surface area contributed by atoms with Gasteiger partial charge in [0.1, 0.15) is 5.75 Å². The average molecular weight is 470 g/mol. The van der Waals surface area contributed by atoms with Crippen LogP contribution in [0.1, 0.15) is 24.0 Å². The van der Waals surface area contributed by atoms with Gasteiger partial charge in [0.05, 0.1) is 32.1 Å². The van der Waals surface area contributed by atoms with Crippen molar-refractivity contribution in [2.45, 2.75) is 37.2 Å². The van der Waals surface area contributed by atoms with Gasteiger partial charge in [0.25, 0.3) is 0 Å². The molecule has 6 nitrogen and oxygen atoms in total. The van der Waals surface area contributed by atoms with Crippen molar-refractivity contribution >= 4 is 22.6 Å². The Labute approximate surface area is 201 Å². The summed E-state index contributed by atoms with van der Waals surface area (Å²) in [5.41, 5.74) is 3.60. The van der Waals surface area contributed by atoms with E-state index in [-0.39, 0.29) is 0 Å². The monoisotopic (exact) mass is 469 g/mol. The van der Waals surface area contributed by atoms with Gasteiger partial charge >= 0.3 is 0 Å². The fraction of sp³-hybridized carbons (Fsp3) is 0.500. The normalized spacial score (nSPS) is 17.8. The molecule has 0 spiro atoms. The second kappa shape index (κ2) is 11.9. The Bertz CT molecular complexity index is 931. The molecule has 2 aliphatic heterocycles. The van der Waals surface area contributed by atoms with Crippen molar-refractivity contribution in [1.82, 2.24) is 9.80 Å². The Morgan fingerprint density at radius 1 is 1.18 bits per heavy atom. The molecular formula is C26H35N3O3S. The lowest BCUT2D eigenvalue weighted by atomic mass is 10.0. The number of β-amino-alcohol motifs (C(OH)–C–C–N with tert-alkyl or cyclic N) is 1. The van der Waals surface area contributed by atoms with Crippen LogP contribution in [0.5, 0.6) is 5.75 Å². The van der Waals surface area contributed by atoms with E-state index in [9.17, 15) is 5.11 Å². The van der Waals surface area contributed by atoms with Crippen LogP contribution in [0, 0.1) is 0 Å². The number of likely N-dealkylation sites (tertiary alicyclic amines) is 1. The van der Waals surface area contributed by atoms with Gasteiger partial charge in [0, 0.05) is 38.5 Å². The standard InChI is InChI=1S/C26H35N3O3S/c1-28(26-27-25-9-4-3-7-21(25)19-33-26)22-10-13-29(14-11-22)17-23(30)18-32-15-12-20-6-5-8-24(16-20)31-2/h3-9,16,22-23,30H,10-15,17-19H2,1-2H3. The number of rotatable bonds is 9. The molecule has 4 rings (SSSR count). The van der Waals surface area contributed by atoms with Crippen LogP contribution in [-0.2, 0) is 16.9 Å². The SMILES string of the molecule is COc1cccc(CCOCC(O)CN2CCC(N(C)C3=Nc4ccccc4CS3)CC2)c1. The molecule has 0 aromatic heterocycles. The number of nitrogens with zero attached hydrogens (tertiary/aromatic N) is 3. The number of aliphatic hydroxyl groups is 1. The van der Waals surface area contributed by atoms with Gasteiger partial charge in [-0.15, -0.1) is 0 Å². The Morgan fingerprint density at radius 2 is 2.00 bits per heavy atom. The highest BCUT2D eigenvalue weighted by atomic mass is 32.2. The zero-order valence-electron chi connectivity index (χ0n) is 19.7. The van der Waals surface area contributed by atoms with E-state index in [4.69, 9.17) is 14.5 Å². The van der Waals surface area contributed by atoms with Crippen LogP contribution in [0.15, 0.2) is 53.5 Å². The predicted molar refractivity (Wildman–Crippen MR) is 136 cm³/mol. The van der Waals surface area contributed by atoms with Gasteiger partial charge in [0.15, 0.2) is 5.17 Å². The molecule has 0 bridgehead atoms. The summed E-state index contributed by atoms with van der Waals surface area (Å²) in [5, 5.41) is 11.6. The van der Waals surface area contributed by atoms with Crippen LogP contribution in [0.4, 0.5) is 5.69 Å². The van der Waals surface area contributed by atoms with Gasteiger partial charge in [-0.1, -0.05) is 42.1 Å². The first kappa shape index (κ1) is 24.1. The third-order valence-corrected chi connectivity index (χ3v) is 7.51. The van der Waals surface area contributed by atoms with Crippen LogP contribution in [0.2, 0.25) is 0 Å². The van der Waals surface area contributed by atoms with Crippen molar-refractivity contribution in [3.63, 3.8) is 0 Å². The highest BCUT2D eigenvalue weighted by molar-refractivity contribution is 8.13. The van der Waals surface area contributed by atoms with Crippen LogP contribution in [-0.4, -0.2) is 79.2 Å². The smallest absolute Gasteiger partial charge is 0.164 e. The van der Waals surface area contributed by atoms with E-state index in [1.54, 1.807) is 7.11 Å². The van der Waals surface area contributed by atoms with Gasteiger partial charge < -0.3 is 24.4 Å². The van der Waals surface area contributed by atoms with Crippen molar-refractivity contribution < 1.29 is 14.6 Å². The molecule has 7 heteroatoms. The molecule has 1 fully saturated rings. The number of benzene rings is 2. The zero-order valence-corrected chi connectivity index (χ0v) is 20.5. The molecule has 1 saturated heterocycles. The Hall–Kier alpha value is -2.06. The topological polar surface area (TPSA) is 57.5 Å². The van der Waals surface area contributed by atoms with Crippen LogP contribution >= 0.6 is 11.8 Å². The quantitative estimate of drug-likeness (QED) is 0.562. The minimum absolute atomic E-state index is 0.372. The number of piperidine rings is 1. The molecule has 1 atom stereocenters. The summed E-state index contributed by atoms with van der Waals surface area (Å²) in [6.45, 7) is 3.62. The molecule has 0 saturated carbocycles. The summed E-state index contributed by atoms with van der Waals surface area (Å²) >= 11 is 1.83. The average Bonchev–Trinajstić information content (AvgIpc) is 2.86. The van der Waals surface area contributed by atoms with Gasteiger partial charge in [-0.25, -0.2) is 4.99 Å². The Kier molecular flexibility index (Phi) is 8.67. The Balaban J connectivity index is 1.15. The molecule has 2 aliphatic rings. The molecule has 0 amide bonds. The summed E-state index contributed by atoms with van der Waals surface area (Å²) in [5.74, 6) is 1.85. The van der Waals surface area contributed by atoms with Gasteiger partial charge in [-0.05, 0) is 48.6 Å². The summed E-state index contributed by atoms with van der Waals surface area (Å²) in [6, 6.07) is 16.9. The largest absolute Gasteiger partial charge is 0.497 e. The molecule has 33 heavy (non-hydrogen) atoms. The number of amidine groups is 1. The fourth-order valence-electron chi connectivity index (χ4n) is 4.43. The molecule has 1 N–H and O–H groups in total. The number of para-hydroxylation sites is 1. The van der Waals surface area contributed by atoms with Crippen molar-refractivity contribution in [2.24, 2.45) is 4.99 Å². The first-order valence-electron chi connectivity index (χ1n) is 11.8. The van der Waals surface area contributed by atoms with Gasteiger partial charge in [-0.3, -0.25) is 0 Å². The van der Waals surface area contributed by atoms with Crippen molar-refractivity contribution in [3.05, 3.63) is 59.7 Å². The number of aliphatic hydroxyl groups excluding tert-OH is 1. The lowest BCUT2D eigenvalue weighted by Crippen LogP contribution is -2.47.